The van der Waals surface area contributed by atoms with Crippen molar-refractivity contribution < 1.29 is 14.7 Å². The molecule has 6 nitrogen and oxygen atoms in total. The predicted octanol–water partition coefficient (Wildman–Crippen LogP) is 0.806. The van der Waals surface area contributed by atoms with Gasteiger partial charge in [0, 0.05) is 13.1 Å². The van der Waals surface area contributed by atoms with E-state index in [9.17, 15) is 9.59 Å². The van der Waals surface area contributed by atoms with Crippen LogP contribution in [0.25, 0.3) is 0 Å². The molecule has 1 saturated carbocycles. The van der Waals surface area contributed by atoms with Crippen molar-refractivity contribution in [2.45, 2.75) is 33.2 Å². The van der Waals surface area contributed by atoms with Crippen molar-refractivity contribution in [2.75, 3.05) is 6.54 Å². The highest BCUT2D eigenvalue weighted by Gasteiger charge is 2.50. The standard InChI is InChI=1S/C12H17N3O3/c1-3-15-9(6-8(2)14-15)10(16)13-7-12(4-5-12)11(17)18/h6H,3-5,7H2,1-2H3,(H,13,16)(H,17,18). The van der Waals surface area contributed by atoms with Gasteiger partial charge in [0.05, 0.1) is 11.1 Å². The molecule has 0 bridgehead atoms. The average Bonchev–Trinajstić information content (AvgIpc) is 3.03. The largest absolute Gasteiger partial charge is 0.481 e. The van der Waals surface area contributed by atoms with E-state index in [1.165, 1.54) is 0 Å². The molecule has 1 amide bonds. The molecule has 1 aromatic heterocycles. The second kappa shape index (κ2) is 4.44. The van der Waals surface area contributed by atoms with Gasteiger partial charge in [-0.3, -0.25) is 14.3 Å². The van der Waals surface area contributed by atoms with E-state index in [1.807, 2.05) is 13.8 Å². The molecule has 1 fully saturated rings. The Bertz CT molecular complexity index is 489. The number of carboxylic acids is 1. The van der Waals surface area contributed by atoms with Crippen molar-refractivity contribution >= 4 is 11.9 Å². The van der Waals surface area contributed by atoms with E-state index in [-0.39, 0.29) is 12.5 Å². The molecule has 0 atom stereocenters. The quantitative estimate of drug-likeness (QED) is 0.811. The summed E-state index contributed by atoms with van der Waals surface area (Å²) in [5.41, 5.74) is 0.527. The fourth-order valence-electron chi connectivity index (χ4n) is 1.93. The number of rotatable bonds is 5. The third kappa shape index (κ3) is 2.23. The maximum absolute atomic E-state index is 12.0. The molecule has 2 N–H and O–H groups in total. The SMILES string of the molecule is CCn1nc(C)cc1C(=O)NCC1(C(=O)O)CC1. The number of aryl methyl sites for hydroxylation is 2. The normalized spacial score (nSPS) is 16.3. The van der Waals surface area contributed by atoms with Crippen LogP contribution in [0.4, 0.5) is 0 Å². The Morgan fingerprint density at radius 3 is 2.72 bits per heavy atom. The highest BCUT2D eigenvalue weighted by atomic mass is 16.4. The maximum atomic E-state index is 12.0. The summed E-state index contributed by atoms with van der Waals surface area (Å²) in [7, 11) is 0. The van der Waals surface area contributed by atoms with Gasteiger partial charge in [-0.05, 0) is 32.8 Å². The smallest absolute Gasteiger partial charge is 0.311 e. The lowest BCUT2D eigenvalue weighted by Gasteiger charge is -2.11. The number of carboxylic acid groups (broad SMARTS) is 1. The molecule has 1 aromatic rings. The zero-order valence-corrected chi connectivity index (χ0v) is 10.6. The van der Waals surface area contributed by atoms with Crippen LogP contribution in [0.2, 0.25) is 0 Å². The number of aliphatic carboxylic acids is 1. The lowest BCUT2D eigenvalue weighted by Crippen LogP contribution is -2.35. The van der Waals surface area contributed by atoms with E-state index in [1.54, 1.807) is 10.7 Å². The van der Waals surface area contributed by atoms with Crippen molar-refractivity contribution in [3.05, 3.63) is 17.5 Å². The lowest BCUT2D eigenvalue weighted by molar-refractivity contribution is -0.143. The van der Waals surface area contributed by atoms with Crippen LogP contribution in [0.1, 0.15) is 35.9 Å². The molecular weight excluding hydrogens is 234 g/mol. The van der Waals surface area contributed by atoms with Crippen LogP contribution >= 0.6 is 0 Å². The van der Waals surface area contributed by atoms with Crippen LogP contribution in [-0.4, -0.2) is 33.3 Å². The molecule has 2 rings (SSSR count). The number of hydrogen-bond donors (Lipinski definition) is 2. The summed E-state index contributed by atoms with van der Waals surface area (Å²) >= 11 is 0. The van der Waals surface area contributed by atoms with Crippen LogP contribution in [0, 0.1) is 12.3 Å². The van der Waals surface area contributed by atoms with Gasteiger partial charge in [0.25, 0.3) is 5.91 Å². The van der Waals surface area contributed by atoms with Gasteiger partial charge in [0.1, 0.15) is 5.69 Å². The van der Waals surface area contributed by atoms with Crippen molar-refractivity contribution in [1.82, 2.24) is 15.1 Å². The van der Waals surface area contributed by atoms with Crippen LogP contribution in [0.5, 0.6) is 0 Å². The molecule has 0 unspecified atom stereocenters. The van der Waals surface area contributed by atoms with E-state index in [0.29, 0.717) is 25.1 Å². The van der Waals surface area contributed by atoms with Gasteiger partial charge in [-0.15, -0.1) is 0 Å². The number of hydrogen-bond acceptors (Lipinski definition) is 3. The second-order valence-electron chi connectivity index (χ2n) is 4.75. The van der Waals surface area contributed by atoms with Crippen molar-refractivity contribution in [3.63, 3.8) is 0 Å². The summed E-state index contributed by atoms with van der Waals surface area (Å²) in [6.45, 7) is 4.53. The van der Waals surface area contributed by atoms with Gasteiger partial charge in [-0.1, -0.05) is 0 Å². The molecule has 98 valence electrons. The third-order valence-electron chi connectivity index (χ3n) is 3.33. The highest BCUT2D eigenvalue weighted by molar-refractivity contribution is 5.93. The molecule has 1 aliphatic rings. The third-order valence-corrected chi connectivity index (χ3v) is 3.33. The molecular formula is C12H17N3O3. The van der Waals surface area contributed by atoms with E-state index < -0.39 is 11.4 Å². The van der Waals surface area contributed by atoms with Crippen LogP contribution in [-0.2, 0) is 11.3 Å². The molecule has 1 aliphatic carbocycles. The Balaban J connectivity index is 2.02. The number of nitrogens with zero attached hydrogens (tertiary/aromatic N) is 2. The second-order valence-corrected chi connectivity index (χ2v) is 4.75. The van der Waals surface area contributed by atoms with Gasteiger partial charge >= 0.3 is 5.97 Å². The van der Waals surface area contributed by atoms with E-state index in [4.69, 9.17) is 5.11 Å². The van der Waals surface area contributed by atoms with Gasteiger partial charge in [-0.25, -0.2) is 0 Å². The first-order chi connectivity index (χ1) is 8.48. The van der Waals surface area contributed by atoms with E-state index >= 15 is 0 Å². The van der Waals surface area contributed by atoms with Gasteiger partial charge < -0.3 is 10.4 Å². The average molecular weight is 251 g/mol. The topological polar surface area (TPSA) is 84.2 Å². The molecule has 0 aliphatic heterocycles. The fraction of sp³-hybridized carbons (Fsp3) is 0.583. The minimum Gasteiger partial charge on any atom is -0.481 e. The first-order valence-electron chi connectivity index (χ1n) is 6.04. The first kappa shape index (κ1) is 12.6. The summed E-state index contributed by atoms with van der Waals surface area (Å²) in [5.74, 6) is -1.09. The summed E-state index contributed by atoms with van der Waals surface area (Å²) in [5, 5.41) is 15.9. The Hall–Kier alpha value is -1.85. The summed E-state index contributed by atoms with van der Waals surface area (Å²) < 4.78 is 1.62. The van der Waals surface area contributed by atoms with Crippen LogP contribution < -0.4 is 5.32 Å². The number of carbonyl (C=O) groups is 2. The van der Waals surface area contributed by atoms with Gasteiger partial charge in [0.2, 0.25) is 0 Å². The lowest BCUT2D eigenvalue weighted by atomic mass is 10.1. The summed E-state index contributed by atoms with van der Waals surface area (Å²) in [4.78, 5) is 23.0. The summed E-state index contributed by atoms with van der Waals surface area (Å²) in [6, 6.07) is 1.71. The molecule has 0 saturated heterocycles. The molecule has 0 aromatic carbocycles. The first-order valence-corrected chi connectivity index (χ1v) is 6.04. The van der Waals surface area contributed by atoms with E-state index in [2.05, 4.69) is 10.4 Å². The minimum atomic E-state index is -0.831. The molecule has 0 spiro atoms. The number of amides is 1. The number of aromatic nitrogens is 2. The molecule has 1 heterocycles. The van der Waals surface area contributed by atoms with E-state index in [0.717, 1.165) is 5.69 Å². The van der Waals surface area contributed by atoms with Crippen molar-refractivity contribution in [3.8, 4) is 0 Å². The Morgan fingerprint density at radius 2 is 2.22 bits per heavy atom. The fourth-order valence-corrected chi connectivity index (χ4v) is 1.93. The van der Waals surface area contributed by atoms with Crippen molar-refractivity contribution in [2.24, 2.45) is 5.41 Å². The summed E-state index contributed by atoms with van der Waals surface area (Å²) in [6.07, 6.45) is 1.27. The highest BCUT2D eigenvalue weighted by Crippen LogP contribution is 2.45. The number of carbonyl (C=O) groups excluding carboxylic acids is 1. The van der Waals surface area contributed by atoms with Crippen molar-refractivity contribution in [1.29, 1.82) is 0 Å². The minimum absolute atomic E-state index is 0.190. The molecule has 6 heteroatoms. The zero-order valence-electron chi connectivity index (χ0n) is 10.6. The predicted molar refractivity (Wildman–Crippen MR) is 64.3 cm³/mol. The maximum Gasteiger partial charge on any atom is 0.311 e. The van der Waals surface area contributed by atoms with Gasteiger partial charge in [0.15, 0.2) is 0 Å². The Kier molecular flexibility index (Phi) is 3.11. The monoisotopic (exact) mass is 251 g/mol. The zero-order chi connectivity index (χ0) is 13.3. The van der Waals surface area contributed by atoms with Crippen LogP contribution in [0.3, 0.4) is 0 Å². The molecule has 18 heavy (non-hydrogen) atoms. The number of nitrogens with one attached hydrogen (secondary N) is 1. The van der Waals surface area contributed by atoms with Crippen LogP contribution in [0.15, 0.2) is 6.07 Å². The molecule has 0 radical (unpaired) electrons. The van der Waals surface area contributed by atoms with Gasteiger partial charge in [-0.2, -0.15) is 5.10 Å². The Labute approximate surface area is 105 Å². The Morgan fingerprint density at radius 1 is 1.56 bits per heavy atom.